The van der Waals surface area contributed by atoms with Gasteiger partial charge in [0.05, 0.1) is 0 Å². The average Bonchev–Trinajstić information content (AvgIpc) is 2.71. The Morgan fingerprint density at radius 1 is 1.16 bits per heavy atom. The molecule has 1 aromatic carbocycles. The smallest absolute Gasteiger partial charge is 0.0457 e. The van der Waals surface area contributed by atoms with Crippen molar-refractivity contribution < 1.29 is 0 Å². The molecule has 1 N–H and O–H groups in total. The van der Waals surface area contributed by atoms with Gasteiger partial charge in [0.2, 0.25) is 0 Å². The first-order valence-corrected chi connectivity index (χ1v) is 7.79. The van der Waals surface area contributed by atoms with Crippen molar-refractivity contribution in [2.45, 2.75) is 46.2 Å². The molecule has 0 radical (unpaired) electrons. The van der Waals surface area contributed by atoms with Crippen molar-refractivity contribution in [3.05, 3.63) is 34.4 Å². The van der Waals surface area contributed by atoms with Crippen LogP contribution in [0.2, 0.25) is 0 Å². The minimum absolute atomic E-state index is 0.594. The lowest BCUT2D eigenvalue weighted by Crippen LogP contribution is -2.38. The summed E-state index contributed by atoms with van der Waals surface area (Å²) in [4.78, 5) is 5.90. The van der Waals surface area contributed by atoms with Gasteiger partial charge in [0, 0.05) is 40.2 Å². The van der Waals surface area contributed by atoms with Crippen LogP contribution in [0.25, 0.3) is 10.9 Å². The fraction of sp³-hybridized carbons (Fsp3) is 0.500. The van der Waals surface area contributed by atoms with Gasteiger partial charge < -0.3 is 4.98 Å². The van der Waals surface area contributed by atoms with Crippen molar-refractivity contribution >= 4 is 26.8 Å². The molecule has 0 aliphatic rings. The molecule has 2 aromatic rings. The summed E-state index contributed by atoms with van der Waals surface area (Å²) in [6, 6.07) is 7.60. The predicted molar refractivity (Wildman–Crippen MR) is 86.7 cm³/mol. The molecular weight excluding hydrogens is 300 g/mol. The Labute approximate surface area is 124 Å². The maximum atomic E-state index is 3.55. The number of fused-ring (bicyclic) bond motifs is 1. The number of hydrogen-bond donors (Lipinski definition) is 1. The number of nitrogens with zero attached hydrogens (tertiary/aromatic N) is 1. The van der Waals surface area contributed by atoms with E-state index in [0.29, 0.717) is 12.1 Å². The van der Waals surface area contributed by atoms with Crippen LogP contribution in [0.1, 0.15) is 33.3 Å². The van der Waals surface area contributed by atoms with E-state index in [4.69, 9.17) is 0 Å². The van der Waals surface area contributed by atoms with Gasteiger partial charge in [-0.3, -0.25) is 4.90 Å². The first-order valence-electron chi connectivity index (χ1n) is 7.00. The maximum absolute atomic E-state index is 3.55. The van der Waals surface area contributed by atoms with Gasteiger partial charge in [0.1, 0.15) is 0 Å². The van der Waals surface area contributed by atoms with Crippen LogP contribution in [0, 0.1) is 0 Å². The van der Waals surface area contributed by atoms with E-state index < -0.39 is 0 Å². The van der Waals surface area contributed by atoms with Crippen LogP contribution in [0.3, 0.4) is 0 Å². The Hall–Kier alpha value is -0.800. The van der Waals surface area contributed by atoms with E-state index in [1.165, 1.54) is 16.5 Å². The summed E-state index contributed by atoms with van der Waals surface area (Å²) in [6.45, 7) is 10.2. The van der Waals surface area contributed by atoms with Gasteiger partial charge >= 0.3 is 0 Å². The predicted octanol–water partition coefficient (Wildman–Crippen LogP) is 4.59. The van der Waals surface area contributed by atoms with E-state index in [9.17, 15) is 0 Å². The van der Waals surface area contributed by atoms with Crippen LogP contribution in [0.5, 0.6) is 0 Å². The molecule has 0 amide bonds. The monoisotopic (exact) mass is 322 g/mol. The van der Waals surface area contributed by atoms with Gasteiger partial charge in [0.15, 0.2) is 0 Å². The average molecular weight is 323 g/mol. The lowest BCUT2D eigenvalue weighted by atomic mass is 10.1. The molecule has 1 heterocycles. The van der Waals surface area contributed by atoms with Crippen molar-refractivity contribution in [3.8, 4) is 0 Å². The van der Waals surface area contributed by atoms with Gasteiger partial charge in [-0.2, -0.15) is 0 Å². The first kappa shape index (κ1) is 14.6. The molecule has 2 nitrogen and oxygen atoms in total. The zero-order valence-electron chi connectivity index (χ0n) is 12.2. The molecule has 104 valence electrons. The Bertz CT molecular complexity index is 535. The van der Waals surface area contributed by atoms with Crippen LogP contribution in [0.15, 0.2) is 28.9 Å². The first-order chi connectivity index (χ1) is 8.99. The summed E-state index contributed by atoms with van der Waals surface area (Å²) in [5.41, 5.74) is 2.63. The highest BCUT2D eigenvalue weighted by molar-refractivity contribution is 9.10. The van der Waals surface area contributed by atoms with Gasteiger partial charge in [-0.1, -0.05) is 15.9 Å². The quantitative estimate of drug-likeness (QED) is 0.852. The number of hydrogen-bond acceptors (Lipinski definition) is 1. The van der Waals surface area contributed by atoms with E-state index in [1.54, 1.807) is 0 Å². The molecule has 0 atom stereocenters. The second-order valence-electron chi connectivity index (χ2n) is 5.68. The minimum Gasteiger partial charge on any atom is -0.361 e. The lowest BCUT2D eigenvalue weighted by molar-refractivity contribution is 0.177. The summed E-state index contributed by atoms with van der Waals surface area (Å²) in [5, 5.41) is 1.34. The van der Waals surface area contributed by atoms with Crippen molar-refractivity contribution in [2.24, 2.45) is 0 Å². The molecule has 0 aliphatic carbocycles. The van der Waals surface area contributed by atoms with Gasteiger partial charge in [-0.15, -0.1) is 0 Å². The molecule has 0 aliphatic heterocycles. The largest absolute Gasteiger partial charge is 0.361 e. The normalized spacial score (nSPS) is 12.2. The molecule has 0 spiro atoms. The third-order valence-electron chi connectivity index (χ3n) is 3.70. The third-order valence-corrected chi connectivity index (χ3v) is 4.19. The molecule has 0 fully saturated rings. The van der Waals surface area contributed by atoms with Gasteiger partial charge in [-0.25, -0.2) is 0 Å². The van der Waals surface area contributed by atoms with E-state index in [1.807, 2.05) is 0 Å². The van der Waals surface area contributed by atoms with E-state index in [-0.39, 0.29) is 0 Å². The molecule has 2 rings (SSSR count). The number of halogens is 1. The van der Waals surface area contributed by atoms with Crippen LogP contribution in [-0.2, 0) is 6.42 Å². The fourth-order valence-corrected chi connectivity index (χ4v) is 3.08. The summed E-state index contributed by atoms with van der Waals surface area (Å²) < 4.78 is 1.14. The molecule has 0 saturated carbocycles. The molecule has 1 aromatic heterocycles. The Morgan fingerprint density at radius 3 is 2.47 bits per heavy atom. The van der Waals surface area contributed by atoms with Crippen molar-refractivity contribution in [2.75, 3.05) is 6.54 Å². The molecule has 0 saturated heterocycles. The Morgan fingerprint density at radius 2 is 1.84 bits per heavy atom. The molecule has 19 heavy (non-hydrogen) atoms. The Balaban J connectivity index is 2.15. The standard InChI is InChI=1S/C16H23BrN2/c1-11(2)19(12(3)4)8-7-13-10-18-16-6-5-14(17)9-15(13)16/h5-6,9-12,18H,7-8H2,1-4H3. The maximum Gasteiger partial charge on any atom is 0.0457 e. The second-order valence-corrected chi connectivity index (χ2v) is 6.59. The minimum atomic E-state index is 0.594. The zero-order chi connectivity index (χ0) is 14.0. The number of aromatic nitrogens is 1. The number of aromatic amines is 1. The summed E-state index contributed by atoms with van der Waals surface area (Å²) >= 11 is 3.55. The number of rotatable bonds is 5. The van der Waals surface area contributed by atoms with E-state index in [0.717, 1.165) is 17.4 Å². The number of H-pyrrole nitrogens is 1. The molecule has 0 bridgehead atoms. The lowest BCUT2D eigenvalue weighted by Gasteiger charge is -2.30. The third kappa shape index (κ3) is 3.40. The van der Waals surface area contributed by atoms with Gasteiger partial charge in [0.25, 0.3) is 0 Å². The van der Waals surface area contributed by atoms with Crippen molar-refractivity contribution in [3.63, 3.8) is 0 Å². The fourth-order valence-electron chi connectivity index (χ4n) is 2.72. The van der Waals surface area contributed by atoms with Crippen LogP contribution < -0.4 is 0 Å². The van der Waals surface area contributed by atoms with Crippen molar-refractivity contribution in [1.82, 2.24) is 9.88 Å². The van der Waals surface area contributed by atoms with Gasteiger partial charge in [-0.05, 0) is 57.9 Å². The SMILES string of the molecule is CC(C)N(CCc1c[nH]c2ccc(Br)cc12)C(C)C. The summed E-state index contributed by atoms with van der Waals surface area (Å²) in [5.74, 6) is 0. The Kier molecular flexibility index (Phi) is 4.69. The topological polar surface area (TPSA) is 19.0 Å². The highest BCUT2D eigenvalue weighted by Gasteiger charge is 2.14. The van der Waals surface area contributed by atoms with E-state index >= 15 is 0 Å². The zero-order valence-corrected chi connectivity index (χ0v) is 13.8. The number of nitrogens with one attached hydrogen (secondary N) is 1. The molecular formula is C16H23BrN2. The number of benzene rings is 1. The second kappa shape index (κ2) is 6.10. The highest BCUT2D eigenvalue weighted by Crippen LogP contribution is 2.23. The summed E-state index contributed by atoms with van der Waals surface area (Å²) in [6.07, 6.45) is 3.24. The van der Waals surface area contributed by atoms with Crippen LogP contribution >= 0.6 is 15.9 Å². The van der Waals surface area contributed by atoms with Crippen LogP contribution in [0.4, 0.5) is 0 Å². The highest BCUT2D eigenvalue weighted by atomic mass is 79.9. The van der Waals surface area contributed by atoms with Crippen LogP contribution in [-0.4, -0.2) is 28.5 Å². The van der Waals surface area contributed by atoms with Crippen molar-refractivity contribution in [1.29, 1.82) is 0 Å². The van der Waals surface area contributed by atoms with E-state index in [2.05, 4.69) is 77.9 Å². The molecule has 0 unspecified atom stereocenters. The molecule has 3 heteroatoms. The summed E-state index contributed by atoms with van der Waals surface area (Å²) in [7, 11) is 0.